The van der Waals surface area contributed by atoms with Crippen LogP contribution in [0.3, 0.4) is 0 Å². The molecule has 1 heterocycles. The van der Waals surface area contributed by atoms with Gasteiger partial charge >= 0.3 is 0 Å². The molecule has 110 valence electrons. The van der Waals surface area contributed by atoms with Crippen LogP contribution in [-0.4, -0.2) is 18.0 Å². The number of pyridine rings is 1. The van der Waals surface area contributed by atoms with Crippen LogP contribution in [0.4, 0.5) is 5.69 Å². The van der Waals surface area contributed by atoms with Crippen molar-refractivity contribution >= 4 is 11.6 Å². The Morgan fingerprint density at radius 3 is 2.76 bits per heavy atom. The highest BCUT2D eigenvalue weighted by molar-refractivity contribution is 5.97. The Hall–Kier alpha value is -2.56. The van der Waals surface area contributed by atoms with E-state index in [1.807, 2.05) is 31.2 Å². The number of nitrogen functional groups attached to an aromatic ring is 1. The lowest BCUT2D eigenvalue weighted by Gasteiger charge is -2.20. The molecule has 2 rings (SSSR count). The summed E-state index contributed by atoms with van der Waals surface area (Å²) in [4.78, 5) is 16.3. The van der Waals surface area contributed by atoms with Crippen LogP contribution in [0.1, 0.15) is 35.4 Å². The van der Waals surface area contributed by atoms with E-state index in [0.29, 0.717) is 5.69 Å². The van der Waals surface area contributed by atoms with Crippen molar-refractivity contribution in [1.82, 2.24) is 10.3 Å². The van der Waals surface area contributed by atoms with Crippen LogP contribution < -0.4 is 15.8 Å². The fourth-order valence-electron chi connectivity index (χ4n) is 2.19. The van der Waals surface area contributed by atoms with E-state index < -0.39 is 0 Å². The molecule has 1 unspecified atom stereocenters. The minimum atomic E-state index is -0.286. The molecule has 1 aromatic carbocycles. The third-order valence-electron chi connectivity index (χ3n) is 3.28. The number of nitrogens with zero attached hydrogens (tertiary/aromatic N) is 1. The van der Waals surface area contributed by atoms with Crippen molar-refractivity contribution in [2.45, 2.75) is 19.4 Å². The number of carbonyl (C=O) groups is 1. The summed E-state index contributed by atoms with van der Waals surface area (Å²) < 4.78 is 5.35. The monoisotopic (exact) mass is 285 g/mol. The predicted molar refractivity (Wildman–Crippen MR) is 82.1 cm³/mol. The molecule has 3 N–H and O–H groups in total. The summed E-state index contributed by atoms with van der Waals surface area (Å²) in [5, 5.41) is 2.95. The number of amides is 1. The molecule has 0 aliphatic carbocycles. The topological polar surface area (TPSA) is 77.2 Å². The van der Waals surface area contributed by atoms with Crippen LogP contribution in [0.25, 0.3) is 0 Å². The Kier molecular flexibility index (Phi) is 4.77. The quantitative estimate of drug-likeness (QED) is 0.885. The van der Waals surface area contributed by atoms with E-state index in [9.17, 15) is 4.79 Å². The molecular formula is C16H19N3O2. The molecule has 0 aliphatic heterocycles. The smallest absolute Gasteiger partial charge is 0.272 e. The van der Waals surface area contributed by atoms with E-state index >= 15 is 0 Å². The van der Waals surface area contributed by atoms with Gasteiger partial charge in [0, 0.05) is 11.8 Å². The van der Waals surface area contributed by atoms with Crippen molar-refractivity contribution in [3.63, 3.8) is 0 Å². The summed E-state index contributed by atoms with van der Waals surface area (Å²) in [5.74, 6) is 0.462. The first kappa shape index (κ1) is 14.8. The lowest BCUT2D eigenvalue weighted by Crippen LogP contribution is -2.29. The van der Waals surface area contributed by atoms with Crippen molar-refractivity contribution in [3.05, 3.63) is 53.9 Å². The first-order chi connectivity index (χ1) is 10.2. The number of rotatable bonds is 5. The maximum absolute atomic E-state index is 12.3. The highest BCUT2D eigenvalue weighted by Gasteiger charge is 2.19. The fourth-order valence-corrected chi connectivity index (χ4v) is 2.19. The van der Waals surface area contributed by atoms with Crippen LogP contribution >= 0.6 is 0 Å². The number of ether oxygens (including phenoxy) is 1. The number of carbonyl (C=O) groups excluding carboxylic acids is 1. The molecule has 0 fully saturated rings. The second kappa shape index (κ2) is 6.74. The Morgan fingerprint density at radius 1 is 1.33 bits per heavy atom. The summed E-state index contributed by atoms with van der Waals surface area (Å²) in [6.45, 7) is 2.00. The number of nitrogens with one attached hydrogen (secondary N) is 1. The van der Waals surface area contributed by atoms with Crippen LogP contribution in [0.2, 0.25) is 0 Å². The molecule has 0 spiro atoms. The Morgan fingerprint density at radius 2 is 2.10 bits per heavy atom. The first-order valence-corrected chi connectivity index (χ1v) is 6.81. The first-order valence-electron chi connectivity index (χ1n) is 6.81. The van der Waals surface area contributed by atoms with Gasteiger partial charge in [-0.2, -0.15) is 0 Å². The number of aromatic nitrogens is 1. The Labute approximate surface area is 124 Å². The molecule has 0 saturated carbocycles. The van der Waals surface area contributed by atoms with Gasteiger partial charge in [0.05, 0.1) is 18.8 Å². The molecule has 21 heavy (non-hydrogen) atoms. The number of methoxy groups -OCH3 is 1. The number of anilines is 1. The molecule has 0 saturated heterocycles. The van der Waals surface area contributed by atoms with E-state index in [1.54, 1.807) is 25.4 Å². The van der Waals surface area contributed by atoms with Gasteiger partial charge in [0.2, 0.25) is 0 Å². The van der Waals surface area contributed by atoms with Crippen LogP contribution in [0.15, 0.2) is 42.6 Å². The molecule has 5 heteroatoms. The molecule has 0 bridgehead atoms. The van der Waals surface area contributed by atoms with E-state index in [0.717, 1.165) is 17.7 Å². The highest BCUT2D eigenvalue weighted by Crippen LogP contribution is 2.27. The maximum atomic E-state index is 12.3. The van der Waals surface area contributed by atoms with Gasteiger partial charge in [0.25, 0.3) is 5.91 Å². The van der Waals surface area contributed by atoms with E-state index in [-0.39, 0.29) is 17.6 Å². The summed E-state index contributed by atoms with van der Waals surface area (Å²) in [6.07, 6.45) is 2.29. The van der Waals surface area contributed by atoms with Gasteiger partial charge in [0.1, 0.15) is 5.75 Å². The number of benzene rings is 1. The van der Waals surface area contributed by atoms with E-state index in [1.165, 1.54) is 0 Å². The van der Waals surface area contributed by atoms with Gasteiger partial charge in [0.15, 0.2) is 5.69 Å². The highest BCUT2D eigenvalue weighted by atomic mass is 16.5. The normalized spacial score (nSPS) is 11.7. The minimum Gasteiger partial charge on any atom is -0.496 e. The van der Waals surface area contributed by atoms with Crippen LogP contribution in [0, 0.1) is 0 Å². The van der Waals surface area contributed by atoms with E-state index in [4.69, 9.17) is 10.5 Å². The number of para-hydroxylation sites is 1. The molecule has 0 aliphatic rings. The third kappa shape index (κ3) is 3.31. The molecule has 2 aromatic rings. The molecule has 1 amide bonds. The molecule has 1 aromatic heterocycles. The summed E-state index contributed by atoms with van der Waals surface area (Å²) in [7, 11) is 1.62. The van der Waals surface area contributed by atoms with Crippen molar-refractivity contribution in [2.24, 2.45) is 0 Å². The molecule has 5 nitrogen and oxygen atoms in total. The van der Waals surface area contributed by atoms with Crippen LogP contribution in [0.5, 0.6) is 5.75 Å². The van der Waals surface area contributed by atoms with Gasteiger partial charge in [-0.3, -0.25) is 4.79 Å². The Balaban J connectivity index is 2.23. The van der Waals surface area contributed by atoms with Gasteiger partial charge in [-0.1, -0.05) is 25.1 Å². The van der Waals surface area contributed by atoms with Crippen molar-refractivity contribution in [2.75, 3.05) is 12.8 Å². The summed E-state index contributed by atoms with van der Waals surface area (Å²) in [6, 6.07) is 10.8. The zero-order valence-electron chi connectivity index (χ0n) is 12.2. The molecule has 0 radical (unpaired) electrons. The van der Waals surface area contributed by atoms with Gasteiger partial charge < -0.3 is 15.8 Å². The molecule has 1 atom stereocenters. The molecular weight excluding hydrogens is 266 g/mol. The van der Waals surface area contributed by atoms with E-state index in [2.05, 4.69) is 10.3 Å². The van der Waals surface area contributed by atoms with Crippen molar-refractivity contribution < 1.29 is 9.53 Å². The van der Waals surface area contributed by atoms with Gasteiger partial charge in [-0.15, -0.1) is 0 Å². The summed E-state index contributed by atoms with van der Waals surface area (Å²) in [5.41, 5.74) is 7.33. The maximum Gasteiger partial charge on any atom is 0.272 e. The second-order valence-corrected chi connectivity index (χ2v) is 4.62. The lowest BCUT2D eigenvalue weighted by molar-refractivity contribution is 0.0931. The number of hydrogen-bond acceptors (Lipinski definition) is 4. The second-order valence-electron chi connectivity index (χ2n) is 4.62. The van der Waals surface area contributed by atoms with Gasteiger partial charge in [-0.05, 0) is 24.6 Å². The van der Waals surface area contributed by atoms with Crippen molar-refractivity contribution in [3.8, 4) is 5.75 Å². The average Bonchev–Trinajstić information content (AvgIpc) is 2.52. The number of nitrogens with two attached hydrogens (primary N) is 1. The van der Waals surface area contributed by atoms with Crippen LogP contribution in [-0.2, 0) is 0 Å². The SMILES string of the molecule is CCC(NC(=O)c1ncccc1N)c1ccccc1OC. The van der Waals surface area contributed by atoms with Crippen molar-refractivity contribution in [1.29, 1.82) is 0 Å². The average molecular weight is 285 g/mol. The standard InChI is InChI=1S/C16H19N3O2/c1-3-13(11-7-4-5-9-14(11)21-2)19-16(20)15-12(17)8-6-10-18-15/h4-10,13H,3,17H2,1-2H3,(H,19,20). The zero-order valence-corrected chi connectivity index (χ0v) is 12.2. The largest absolute Gasteiger partial charge is 0.496 e. The predicted octanol–water partition coefficient (Wildman–Crippen LogP) is 2.55. The third-order valence-corrected chi connectivity index (χ3v) is 3.28. The minimum absolute atomic E-state index is 0.157. The summed E-state index contributed by atoms with van der Waals surface area (Å²) >= 11 is 0. The Bertz CT molecular complexity index is 628. The lowest BCUT2D eigenvalue weighted by atomic mass is 10.0. The fraction of sp³-hybridized carbons (Fsp3) is 0.250. The van der Waals surface area contributed by atoms with Gasteiger partial charge in [-0.25, -0.2) is 4.98 Å². The number of hydrogen-bond donors (Lipinski definition) is 2. The zero-order chi connectivity index (χ0) is 15.2.